The molecule has 10 nitrogen and oxygen atoms in total. The number of amides is 1. The van der Waals surface area contributed by atoms with E-state index in [0.717, 1.165) is 23.5 Å². The smallest absolute Gasteiger partial charge is 0.330 e. The highest BCUT2D eigenvalue weighted by Crippen LogP contribution is 2.21. The van der Waals surface area contributed by atoms with Gasteiger partial charge in [0.05, 0.1) is 5.69 Å². The largest absolute Gasteiger partial charge is 0.385 e. The number of H-pyrrole nitrogens is 1. The lowest BCUT2D eigenvalue weighted by molar-refractivity contribution is -0.118. The fraction of sp³-hybridized carbons (Fsp3) is 0.667. The van der Waals surface area contributed by atoms with Gasteiger partial charge >= 0.3 is 5.69 Å². The molecule has 0 radical (unpaired) electrons. The summed E-state index contributed by atoms with van der Waals surface area (Å²) in [4.78, 5) is 42.3. The fourth-order valence-corrected chi connectivity index (χ4v) is 4.10. The summed E-state index contributed by atoms with van der Waals surface area (Å²) >= 11 is 0. The molecule has 0 fully saturated rings. The number of carbonyl (C=O) groups excluding carboxylic acids is 1. The minimum Gasteiger partial charge on any atom is -0.385 e. The zero-order valence-corrected chi connectivity index (χ0v) is 21.6. The van der Waals surface area contributed by atoms with Gasteiger partial charge in [-0.15, -0.1) is 0 Å². The van der Waals surface area contributed by atoms with Crippen molar-refractivity contribution in [2.45, 2.75) is 73.9 Å². The maximum absolute atomic E-state index is 13.4. The molecule has 0 spiro atoms. The summed E-state index contributed by atoms with van der Waals surface area (Å²) in [5.41, 5.74) is 8.06. The Morgan fingerprint density at radius 3 is 2.38 bits per heavy atom. The zero-order chi connectivity index (χ0) is 25.6. The molecule has 0 bridgehead atoms. The molecule has 1 amide bonds. The van der Waals surface area contributed by atoms with Crippen molar-refractivity contribution >= 4 is 17.4 Å². The molecule has 3 N–H and O–H groups in total. The van der Waals surface area contributed by atoms with Crippen LogP contribution in [0.4, 0.5) is 11.5 Å². The van der Waals surface area contributed by atoms with E-state index < -0.39 is 11.2 Å². The summed E-state index contributed by atoms with van der Waals surface area (Å²) in [6, 6.07) is 0. The van der Waals surface area contributed by atoms with Crippen LogP contribution in [0.15, 0.2) is 9.59 Å². The molecule has 10 heteroatoms. The Bertz CT molecular complexity index is 1100. The third-order valence-corrected chi connectivity index (χ3v) is 5.72. The van der Waals surface area contributed by atoms with Crippen molar-refractivity contribution in [2.75, 3.05) is 30.9 Å². The number of nitrogens with zero attached hydrogens (tertiary/aromatic N) is 4. The number of hydrogen-bond donors (Lipinski definition) is 2. The second-order valence-electron chi connectivity index (χ2n) is 9.61. The molecule has 2 aromatic rings. The van der Waals surface area contributed by atoms with Crippen LogP contribution < -0.4 is 21.9 Å². The van der Waals surface area contributed by atoms with Gasteiger partial charge in [0.25, 0.3) is 5.56 Å². The average molecular weight is 477 g/mol. The number of nitrogens with two attached hydrogens (primary N) is 1. The van der Waals surface area contributed by atoms with Crippen molar-refractivity contribution in [1.82, 2.24) is 19.3 Å². The summed E-state index contributed by atoms with van der Waals surface area (Å²) in [5.74, 6) is 0.355. The first kappa shape index (κ1) is 27.4. The van der Waals surface area contributed by atoms with E-state index in [-0.39, 0.29) is 36.3 Å². The van der Waals surface area contributed by atoms with Gasteiger partial charge in [-0.2, -0.15) is 5.10 Å². The molecular weight excluding hydrogens is 436 g/mol. The fourth-order valence-electron chi connectivity index (χ4n) is 4.10. The van der Waals surface area contributed by atoms with Crippen LogP contribution in [-0.4, -0.2) is 45.5 Å². The van der Waals surface area contributed by atoms with E-state index >= 15 is 0 Å². The van der Waals surface area contributed by atoms with Crippen molar-refractivity contribution in [3.63, 3.8) is 0 Å². The van der Waals surface area contributed by atoms with Crippen molar-refractivity contribution in [3.8, 4) is 0 Å². The number of carbonyl (C=O) groups is 1. The Labute approximate surface area is 201 Å². The molecule has 0 aliphatic heterocycles. The quantitative estimate of drug-likeness (QED) is 0.452. The van der Waals surface area contributed by atoms with E-state index in [2.05, 4.69) is 23.9 Å². The number of aromatic nitrogens is 4. The average Bonchev–Trinajstić information content (AvgIpc) is 2.99. The minimum atomic E-state index is -0.662. The number of nitrogens with one attached hydrogen (secondary N) is 1. The molecule has 0 saturated carbocycles. The number of ether oxygens (including phenoxy) is 1. The first-order chi connectivity index (χ1) is 16.0. The summed E-state index contributed by atoms with van der Waals surface area (Å²) < 4.78 is 8.45. The lowest BCUT2D eigenvalue weighted by atomic mass is 10.1. The van der Waals surface area contributed by atoms with Gasteiger partial charge in [0.15, 0.2) is 5.69 Å². The van der Waals surface area contributed by atoms with Crippen LogP contribution in [-0.2, 0) is 29.0 Å². The van der Waals surface area contributed by atoms with Crippen LogP contribution in [0.1, 0.15) is 57.5 Å². The first-order valence-corrected chi connectivity index (χ1v) is 11.9. The molecule has 0 atom stereocenters. The van der Waals surface area contributed by atoms with Crippen LogP contribution in [0.3, 0.4) is 0 Å². The number of nitrogen functional groups attached to an aromatic ring is 1. The molecule has 2 aromatic heterocycles. The van der Waals surface area contributed by atoms with Gasteiger partial charge in [-0.1, -0.05) is 27.7 Å². The van der Waals surface area contributed by atoms with Gasteiger partial charge in [-0.3, -0.25) is 23.8 Å². The topological polar surface area (TPSA) is 128 Å². The predicted molar refractivity (Wildman–Crippen MR) is 134 cm³/mol. The van der Waals surface area contributed by atoms with Gasteiger partial charge in [0, 0.05) is 45.5 Å². The van der Waals surface area contributed by atoms with Crippen LogP contribution >= 0.6 is 0 Å². The number of hydrogen-bond acceptors (Lipinski definition) is 6. The van der Waals surface area contributed by atoms with E-state index in [0.29, 0.717) is 31.9 Å². The third-order valence-electron chi connectivity index (χ3n) is 5.72. The van der Waals surface area contributed by atoms with Crippen molar-refractivity contribution in [3.05, 3.63) is 37.8 Å². The highest BCUT2D eigenvalue weighted by molar-refractivity contribution is 5.95. The van der Waals surface area contributed by atoms with Crippen LogP contribution in [0.5, 0.6) is 0 Å². The summed E-state index contributed by atoms with van der Waals surface area (Å²) in [6.45, 7) is 14.0. The van der Waals surface area contributed by atoms with Crippen molar-refractivity contribution in [1.29, 1.82) is 0 Å². The Morgan fingerprint density at radius 2 is 1.79 bits per heavy atom. The number of aromatic amines is 1. The molecule has 2 rings (SSSR count). The van der Waals surface area contributed by atoms with Gasteiger partial charge in [-0.25, -0.2) is 4.79 Å². The normalized spacial score (nSPS) is 11.6. The van der Waals surface area contributed by atoms with Gasteiger partial charge in [-0.05, 0) is 44.1 Å². The Balaban J connectivity index is 2.38. The number of anilines is 2. The Kier molecular flexibility index (Phi) is 9.66. The molecule has 190 valence electrons. The second-order valence-corrected chi connectivity index (χ2v) is 9.61. The molecule has 0 unspecified atom stereocenters. The number of aryl methyl sites for hydroxylation is 1. The molecular formula is C24H40N6O4. The van der Waals surface area contributed by atoms with Crippen LogP contribution in [0.25, 0.3) is 0 Å². The first-order valence-electron chi connectivity index (χ1n) is 11.9. The summed E-state index contributed by atoms with van der Waals surface area (Å²) in [6.07, 6.45) is 1.21. The molecule has 0 aliphatic rings. The summed E-state index contributed by atoms with van der Waals surface area (Å²) in [7, 11) is 1.58. The van der Waals surface area contributed by atoms with E-state index in [1.807, 2.05) is 32.4 Å². The lowest BCUT2D eigenvalue weighted by Crippen LogP contribution is -2.42. The SMILES string of the molecule is COCCCN(C(=O)CCc1c(C)nn(CC(C)C)c1C)c1c(N)n(CC(C)C)c(=O)[nH]c1=O. The Morgan fingerprint density at radius 1 is 1.15 bits per heavy atom. The molecule has 34 heavy (non-hydrogen) atoms. The van der Waals surface area contributed by atoms with Crippen molar-refractivity contribution in [2.24, 2.45) is 11.8 Å². The van der Waals surface area contributed by atoms with Gasteiger partial charge in [0.1, 0.15) is 5.82 Å². The van der Waals surface area contributed by atoms with Crippen LogP contribution in [0, 0.1) is 25.7 Å². The Hall–Kier alpha value is -2.88. The maximum Gasteiger partial charge on any atom is 0.330 e. The monoisotopic (exact) mass is 476 g/mol. The lowest BCUT2D eigenvalue weighted by Gasteiger charge is -2.25. The highest BCUT2D eigenvalue weighted by atomic mass is 16.5. The third kappa shape index (κ3) is 6.59. The van der Waals surface area contributed by atoms with Crippen molar-refractivity contribution < 1.29 is 9.53 Å². The second kappa shape index (κ2) is 12.0. The standard InChI is InChI=1S/C24H40N6O4/c1-15(2)13-29-22(25)21(23(32)26-24(29)33)28(11-8-12-34-7)20(31)10-9-19-17(5)27-30(18(19)6)14-16(3)4/h15-16H,8-14,25H2,1-7H3,(H,26,32,33). The van der Waals surface area contributed by atoms with E-state index in [1.165, 1.54) is 9.47 Å². The van der Waals surface area contributed by atoms with Gasteiger partial charge in [0.2, 0.25) is 5.91 Å². The molecule has 0 aromatic carbocycles. The summed E-state index contributed by atoms with van der Waals surface area (Å²) in [5, 5.41) is 4.63. The molecule has 0 aliphatic carbocycles. The van der Waals surface area contributed by atoms with E-state index in [4.69, 9.17) is 10.5 Å². The molecule has 2 heterocycles. The van der Waals surface area contributed by atoms with E-state index in [9.17, 15) is 14.4 Å². The van der Waals surface area contributed by atoms with E-state index in [1.54, 1.807) is 7.11 Å². The maximum atomic E-state index is 13.4. The van der Waals surface area contributed by atoms with Gasteiger partial charge < -0.3 is 15.4 Å². The number of methoxy groups -OCH3 is 1. The predicted octanol–water partition coefficient (Wildman–Crippen LogP) is 2.25. The number of rotatable bonds is 12. The minimum absolute atomic E-state index is 0.00494. The van der Waals surface area contributed by atoms with Crippen LogP contribution in [0.2, 0.25) is 0 Å². The zero-order valence-electron chi connectivity index (χ0n) is 21.6. The highest BCUT2D eigenvalue weighted by Gasteiger charge is 2.25. The molecule has 0 saturated heterocycles.